The second-order valence-corrected chi connectivity index (χ2v) is 42.7. The molecule has 0 N–H and O–H groups in total. The topological polar surface area (TPSA) is 9.23 Å². The number of hydrogen-bond acceptors (Lipinski definition) is 2. The Balaban J connectivity index is 0.00000110. The lowest BCUT2D eigenvalue weighted by atomic mass is 9.62. The molecule has 11 aliphatic rings. The van der Waals surface area contributed by atoms with Gasteiger partial charge in [0, 0.05) is 31.1 Å². The van der Waals surface area contributed by atoms with Crippen molar-refractivity contribution >= 4 is 11.8 Å². The average molecular weight is 1490 g/mol. The van der Waals surface area contributed by atoms with Crippen LogP contribution in [0.15, 0.2) is 12.2 Å². The van der Waals surface area contributed by atoms with Crippen LogP contribution >= 0.6 is 11.8 Å². The Morgan fingerprint density at radius 3 is 1.02 bits per heavy atom. The summed E-state index contributed by atoms with van der Waals surface area (Å²) in [6, 6.07) is 0. The minimum absolute atomic E-state index is 0.130. The van der Waals surface area contributed by atoms with E-state index in [1.807, 2.05) is 13.8 Å². The molecule has 2 saturated heterocycles. The second kappa shape index (κ2) is 53.6. The number of allylic oxidation sites excluding steroid dienone is 2. The van der Waals surface area contributed by atoms with E-state index in [9.17, 15) is 26.3 Å². The zero-order chi connectivity index (χ0) is 79.0. The van der Waals surface area contributed by atoms with E-state index in [-0.39, 0.29) is 25.2 Å². The molecule has 1 nitrogen and oxygen atoms in total. The summed E-state index contributed by atoms with van der Waals surface area (Å²) < 4.78 is 79.7. The van der Waals surface area contributed by atoms with E-state index < -0.39 is 23.2 Å². The van der Waals surface area contributed by atoms with Gasteiger partial charge in [-0.2, -0.15) is 11.8 Å². The maximum absolute atomic E-state index is 13.2. The molecule has 0 aromatic rings. The first-order valence-corrected chi connectivity index (χ1v) is 45.8. The van der Waals surface area contributed by atoms with Crippen LogP contribution in [-0.2, 0) is 4.74 Å². The lowest BCUT2D eigenvalue weighted by Gasteiger charge is -2.43. The fourth-order valence-corrected chi connectivity index (χ4v) is 16.2. The summed E-state index contributed by atoms with van der Waals surface area (Å²) in [5.41, 5.74) is -0.116. The molecule has 618 valence electrons. The molecule has 0 spiro atoms. The average Bonchev–Trinajstić information content (AvgIpc) is 1.82. The van der Waals surface area contributed by atoms with Crippen molar-refractivity contribution in [2.45, 2.75) is 442 Å². The van der Waals surface area contributed by atoms with Crippen molar-refractivity contribution < 1.29 is 31.1 Å². The molecule has 2 atom stereocenters. The molecule has 9 aliphatic carbocycles. The Kier molecular flexibility index (Phi) is 53.4. The van der Waals surface area contributed by atoms with Crippen molar-refractivity contribution in [1.29, 1.82) is 0 Å². The number of unbranched alkanes of at least 4 members (excludes halogenated alkanes) is 1. The number of halogens is 6. The smallest absolute Gasteiger partial charge is 0.251 e. The van der Waals surface area contributed by atoms with Gasteiger partial charge in [-0.1, -0.05) is 283 Å². The Morgan fingerprint density at radius 1 is 0.427 bits per heavy atom. The molecule has 2 heterocycles. The van der Waals surface area contributed by atoms with Crippen molar-refractivity contribution in [2.75, 3.05) is 24.7 Å². The summed E-state index contributed by atoms with van der Waals surface area (Å²) in [6.45, 7) is 64.8. The quantitative estimate of drug-likeness (QED) is 0.0631. The first kappa shape index (κ1) is 103. The van der Waals surface area contributed by atoms with Crippen LogP contribution in [-0.4, -0.2) is 47.9 Å². The fourth-order valence-electron chi connectivity index (χ4n) is 15.3. The number of ether oxygens (including phenoxy) is 1. The van der Waals surface area contributed by atoms with Crippen molar-refractivity contribution in [3.05, 3.63) is 12.2 Å². The minimum atomic E-state index is -2.32. The standard InChI is InChI=1S/C10H20.C9H18.C9H16.C8H14F2.C8H15F.2C8H16.C7H12F2.C7H13F.C7H14O.C7H14S.C7H16/c1-8(2)10(3,4)9-6-5-7-9;1-8(2)6-7-9-4-3-5-9;1-8(2)7-9-5-3-4-6-9;1-6(2)3-7-4-8(9,10)5-7;1-7(2)6-8(9)4-3-5-8;1-7(2)6-8(3)4-5-8;1-7(2)6-8-4-3-5-8;1-5(2)3-6-4-7(6,8)9;1-6(2)5-7(8)3-4-7;2*1-6(2)3-7-4-8-5-7;1-4-5-6-7(2)3/h8-9H,5-7H2,1-4H3;8-9H,3-7H2,1-2H3;3,5,8-9H,4,6-7H2,1-2H3;6-7H,3-5H2,1-2H3;7H,3-6H2,1-2H3;7H,4-6H2,1-3H3;7-8H,3-6H2,1-2H3;5-6H,3-4H2,1-2H3;6H,3-5H2,1-2H3;2*6-7H,3-5H2,1-2H3;7H,4-6H2,1-3H3. The van der Waals surface area contributed by atoms with Crippen molar-refractivity contribution in [1.82, 2.24) is 0 Å². The molecule has 8 heteroatoms. The third-order valence-corrected chi connectivity index (χ3v) is 24.8. The molecule has 2 unspecified atom stereocenters. The van der Waals surface area contributed by atoms with E-state index >= 15 is 0 Å². The molecule has 11 rings (SSSR count). The van der Waals surface area contributed by atoms with Crippen LogP contribution in [0.5, 0.6) is 0 Å². The molecule has 0 radical (unpaired) electrons. The van der Waals surface area contributed by atoms with Gasteiger partial charge in [-0.3, -0.25) is 0 Å². The first-order valence-electron chi connectivity index (χ1n) is 44.6. The summed E-state index contributed by atoms with van der Waals surface area (Å²) in [5, 5.41) is 0. The van der Waals surface area contributed by atoms with Crippen LogP contribution in [0.25, 0.3) is 0 Å². The maximum atomic E-state index is 13.2. The number of thioether (sulfide) groups is 1. The van der Waals surface area contributed by atoms with E-state index in [1.54, 1.807) is 0 Å². The van der Waals surface area contributed by atoms with Crippen molar-refractivity contribution in [2.24, 2.45) is 129 Å². The summed E-state index contributed by atoms with van der Waals surface area (Å²) >= 11 is 2.09. The van der Waals surface area contributed by atoms with Gasteiger partial charge in [0.05, 0.1) is 13.2 Å². The molecule has 2 aliphatic heterocycles. The molecular weight excluding hydrogens is 1300 g/mol. The number of rotatable bonds is 26. The highest BCUT2D eigenvalue weighted by Gasteiger charge is 2.56. The monoisotopic (exact) mass is 1490 g/mol. The summed E-state index contributed by atoms with van der Waals surface area (Å²) in [5.74, 6) is 13.5. The van der Waals surface area contributed by atoms with E-state index in [4.69, 9.17) is 4.74 Å². The lowest BCUT2D eigenvalue weighted by Crippen LogP contribution is -2.35. The fraction of sp³-hybridized carbons (Fsp3) is 0.979. The van der Waals surface area contributed by atoms with Crippen molar-refractivity contribution in [3.63, 3.8) is 0 Å². The predicted molar refractivity (Wildman–Crippen MR) is 450 cm³/mol. The van der Waals surface area contributed by atoms with Gasteiger partial charge in [0.1, 0.15) is 11.3 Å². The SMILES string of the molecule is CC(C)C(C)(C)C1CCC1.CC(C)CC1(C)CC1.CC(C)CC1(F)CC1.CC(C)CC1(F)CCC1.CC(C)CC1C=CCC1.CC(C)CC1CC(F)(F)C1.CC(C)CC1CC1(F)F.CC(C)CC1CCC1.CC(C)CC1COC1.CC(C)CC1CSC1.CC(C)CCC1CCC1.CCCCC(C)C. The van der Waals surface area contributed by atoms with Gasteiger partial charge in [0.25, 0.3) is 5.92 Å². The molecule has 103 heavy (non-hydrogen) atoms. The Bertz CT molecular complexity index is 1920. The van der Waals surface area contributed by atoms with Gasteiger partial charge in [0.2, 0.25) is 5.92 Å². The van der Waals surface area contributed by atoms with Gasteiger partial charge in [-0.15, -0.1) is 0 Å². The van der Waals surface area contributed by atoms with Crippen LogP contribution in [0, 0.1) is 129 Å². The molecule has 0 aromatic heterocycles. The summed E-state index contributed by atoms with van der Waals surface area (Å²) in [4.78, 5) is 0. The molecule has 0 bridgehead atoms. The largest absolute Gasteiger partial charge is 0.381 e. The maximum Gasteiger partial charge on any atom is 0.251 e. The van der Waals surface area contributed by atoms with E-state index in [2.05, 4.69) is 204 Å². The van der Waals surface area contributed by atoms with Crippen LogP contribution in [0.4, 0.5) is 26.3 Å². The molecular formula is C95H184F6OS. The zero-order valence-corrected chi connectivity index (χ0v) is 75.2. The van der Waals surface area contributed by atoms with E-state index in [0.29, 0.717) is 41.4 Å². The molecule has 0 aromatic carbocycles. The van der Waals surface area contributed by atoms with Gasteiger partial charge in [-0.25, -0.2) is 26.3 Å². The van der Waals surface area contributed by atoms with Crippen LogP contribution in [0.3, 0.4) is 0 Å². The Morgan fingerprint density at radius 2 is 0.845 bits per heavy atom. The summed E-state index contributed by atoms with van der Waals surface area (Å²) in [6.07, 6.45) is 46.0. The molecule has 0 amide bonds. The third-order valence-electron chi connectivity index (χ3n) is 23.4. The highest BCUT2D eigenvalue weighted by Crippen LogP contribution is 2.52. The van der Waals surface area contributed by atoms with Crippen LogP contribution < -0.4 is 0 Å². The summed E-state index contributed by atoms with van der Waals surface area (Å²) in [7, 11) is 0. The third kappa shape index (κ3) is 56.5. The molecule has 10 fully saturated rings. The highest BCUT2D eigenvalue weighted by atomic mass is 32.2. The van der Waals surface area contributed by atoms with Crippen LogP contribution in [0.1, 0.15) is 419 Å². The van der Waals surface area contributed by atoms with Gasteiger partial charge < -0.3 is 4.74 Å². The lowest BCUT2D eigenvalue weighted by molar-refractivity contribution is -0.114. The highest BCUT2D eigenvalue weighted by molar-refractivity contribution is 8.00. The van der Waals surface area contributed by atoms with Gasteiger partial charge in [-0.05, 0) is 257 Å². The normalized spacial score (nSPS) is 22.7. The zero-order valence-electron chi connectivity index (χ0n) is 74.4. The van der Waals surface area contributed by atoms with Crippen LogP contribution in [0.2, 0.25) is 0 Å². The predicted octanol–water partition coefficient (Wildman–Crippen LogP) is 33.5. The van der Waals surface area contributed by atoms with Gasteiger partial charge >= 0.3 is 0 Å². The Labute approximate surface area is 647 Å². The first-order chi connectivity index (χ1) is 47.6. The molecule has 8 saturated carbocycles. The Hall–Kier alpha value is -0.370. The number of alkyl halides is 6. The second-order valence-electron chi connectivity index (χ2n) is 41.6. The van der Waals surface area contributed by atoms with E-state index in [1.165, 1.54) is 159 Å². The minimum Gasteiger partial charge on any atom is -0.381 e. The van der Waals surface area contributed by atoms with Gasteiger partial charge in [0.15, 0.2) is 0 Å². The van der Waals surface area contributed by atoms with Crippen molar-refractivity contribution in [3.8, 4) is 0 Å². The van der Waals surface area contributed by atoms with E-state index in [0.717, 1.165) is 153 Å². The number of hydrogen-bond donors (Lipinski definition) is 0.